The number of piperazine rings is 1. The van der Waals surface area contributed by atoms with Crippen molar-refractivity contribution >= 4 is 11.7 Å². The van der Waals surface area contributed by atoms with Gasteiger partial charge in [-0.2, -0.15) is 0 Å². The molecule has 0 aliphatic carbocycles. The van der Waals surface area contributed by atoms with Gasteiger partial charge in [0, 0.05) is 56.2 Å². The van der Waals surface area contributed by atoms with Gasteiger partial charge in [-0.05, 0) is 24.5 Å². The number of carbonyl (C=O) groups excluding carboxylic acids is 1. The normalized spacial score (nSPS) is 15.4. The zero-order chi connectivity index (χ0) is 21.7. The Hall–Kier alpha value is -2.50. The van der Waals surface area contributed by atoms with Crippen molar-refractivity contribution in [2.75, 3.05) is 31.1 Å². The van der Waals surface area contributed by atoms with E-state index in [1.54, 1.807) is 6.07 Å². The molecule has 0 spiro atoms. The molecule has 0 radical (unpaired) electrons. The highest BCUT2D eigenvalue weighted by Gasteiger charge is 2.26. The predicted molar refractivity (Wildman–Crippen MR) is 118 cm³/mol. The van der Waals surface area contributed by atoms with E-state index in [2.05, 4.69) is 25.7 Å². The summed E-state index contributed by atoms with van der Waals surface area (Å²) in [6.07, 6.45) is 2.75. The molecule has 1 unspecified atom stereocenters. The van der Waals surface area contributed by atoms with Crippen LogP contribution in [0.15, 0.2) is 24.3 Å². The fourth-order valence-corrected chi connectivity index (χ4v) is 3.90. The van der Waals surface area contributed by atoms with E-state index in [0.717, 1.165) is 48.8 Å². The Morgan fingerprint density at radius 1 is 1.10 bits per heavy atom. The lowest BCUT2D eigenvalue weighted by Crippen LogP contribution is -2.49. The van der Waals surface area contributed by atoms with E-state index in [0.29, 0.717) is 31.5 Å². The molecule has 1 saturated heterocycles. The van der Waals surface area contributed by atoms with Gasteiger partial charge in [-0.25, -0.2) is 14.4 Å². The van der Waals surface area contributed by atoms with Crippen molar-refractivity contribution in [1.29, 1.82) is 0 Å². The Kier molecular flexibility index (Phi) is 7.40. The van der Waals surface area contributed by atoms with Crippen molar-refractivity contribution in [2.24, 2.45) is 0 Å². The van der Waals surface area contributed by atoms with E-state index in [-0.39, 0.29) is 17.6 Å². The summed E-state index contributed by atoms with van der Waals surface area (Å²) in [5, 5.41) is 0. The molecule has 30 heavy (non-hydrogen) atoms. The van der Waals surface area contributed by atoms with Crippen molar-refractivity contribution in [3.8, 4) is 0 Å². The van der Waals surface area contributed by atoms with E-state index < -0.39 is 0 Å². The molecule has 1 aromatic carbocycles. The van der Waals surface area contributed by atoms with E-state index in [9.17, 15) is 9.18 Å². The fourth-order valence-electron chi connectivity index (χ4n) is 3.90. The molecule has 162 valence electrons. The Morgan fingerprint density at radius 3 is 2.40 bits per heavy atom. The number of hydrogen-bond donors (Lipinski definition) is 0. The lowest BCUT2D eigenvalue weighted by Gasteiger charge is -2.36. The second-order valence-electron chi connectivity index (χ2n) is 7.98. The number of amides is 1. The van der Waals surface area contributed by atoms with Crippen LogP contribution in [0.1, 0.15) is 69.1 Å². The number of hydrogen-bond acceptors (Lipinski definition) is 4. The van der Waals surface area contributed by atoms with E-state index in [1.165, 1.54) is 6.07 Å². The number of aromatic nitrogens is 2. The Morgan fingerprint density at radius 2 is 1.80 bits per heavy atom. The molecule has 2 aromatic rings. The second kappa shape index (κ2) is 10.0. The predicted octanol–water partition coefficient (Wildman–Crippen LogP) is 4.34. The molecule has 2 heterocycles. The lowest BCUT2D eigenvalue weighted by atomic mass is 10.00. The van der Waals surface area contributed by atoms with Crippen molar-refractivity contribution < 1.29 is 9.18 Å². The van der Waals surface area contributed by atoms with E-state index >= 15 is 0 Å². The van der Waals surface area contributed by atoms with Gasteiger partial charge >= 0.3 is 0 Å². The summed E-state index contributed by atoms with van der Waals surface area (Å²) in [7, 11) is 0. The van der Waals surface area contributed by atoms with Crippen LogP contribution in [0.4, 0.5) is 10.2 Å². The summed E-state index contributed by atoms with van der Waals surface area (Å²) < 4.78 is 14.4. The van der Waals surface area contributed by atoms with Crippen LogP contribution in [0, 0.1) is 5.82 Å². The first kappa shape index (κ1) is 22.2. The number of halogens is 1. The molecule has 0 N–H and O–H groups in total. The summed E-state index contributed by atoms with van der Waals surface area (Å²) in [4.78, 5) is 26.1. The minimum Gasteiger partial charge on any atom is -0.353 e. The molecule has 0 bridgehead atoms. The van der Waals surface area contributed by atoms with Crippen LogP contribution in [-0.4, -0.2) is 47.0 Å². The van der Waals surface area contributed by atoms with Crippen LogP contribution in [-0.2, 0) is 17.6 Å². The van der Waals surface area contributed by atoms with Gasteiger partial charge in [-0.1, -0.05) is 45.9 Å². The summed E-state index contributed by atoms with van der Waals surface area (Å²) in [6, 6.07) is 6.92. The average Bonchev–Trinajstić information content (AvgIpc) is 2.79. The third-order valence-corrected chi connectivity index (χ3v) is 6.04. The van der Waals surface area contributed by atoms with Gasteiger partial charge in [0.05, 0.1) is 0 Å². The number of rotatable bonds is 7. The van der Waals surface area contributed by atoms with Gasteiger partial charge in [-0.15, -0.1) is 0 Å². The SMILES string of the molecule is CCC(=O)N1CCN(c2nc(C(C)CC)nc(CC)c2Cc2ccccc2F)CC1. The van der Waals surface area contributed by atoms with Crippen molar-refractivity contribution in [1.82, 2.24) is 14.9 Å². The van der Waals surface area contributed by atoms with Gasteiger partial charge in [0.1, 0.15) is 17.5 Å². The number of benzene rings is 1. The third-order valence-electron chi connectivity index (χ3n) is 6.04. The first-order valence-corrected chi connectivity index (χ1v) is 11.1. The molecule has 1 aliphatic heterocycles. The standard InChI is InChI=1S/C24H33FN4O/c1-5-17(4)23-26-21(6-2)19(16-18-10-8-9-11-20(18)25)24(27-23)29-14-12-28(13-15-29)22(30)7-3/h8-11,17H,5-7,12-16H2,1-4H3. The maximum atomic E-state index is 14.4. The quantitative estimate of drug-likeness (QED) is 0.679. The molecule has 3 rings (SSSR count). The topological polar surface area (TPSA) is 49.3 Å². The van der Waals surface area contributed by atoms with Crippen LogP contribution in [0.5, 0.6) is 0 Å². The molecule has 1 aliphatic rings. The van der Waals surface area contributed by atoms with Crippen LogP contribution < -0.4 is 4.90 Å². The van der Waals surface area contributed by atoms with Crippen LogP contribution in [0.3, 0.4) is 0 Å². The average molecular weight is 413 g/mol. The summed E-state index contributed by atoms with van der Waals surface area (Å²) in [6.45, 7) is 11.1. The van der Waals surface area contributed by atoms with Crippen molar-refractivity contribution in [3.63, 3.8) is 0 Å². The molecule has 5 nitrogen and oxygen atoms in total. The summed E-state index contributed by atoms with van der Waals surface area (Å²) in [5.41, 5.74) is 2.66. The van der Waals surface area contributed by atoms with Crippen LogP contribution in [0.2, 0.25) is 0 Å². The third kappa shape index (κ3) is 4.79. The minimum atomic E-state index is -0.199. The minimum absolute atomic E-state index is 0.193. The lowest BCUT2D eigenvalue weighted by molar-refractivity contribution is -0.131. The Bertz CT molecular complexity index is 878. The Labute approximate surface area is 179 Å². The monoisotopic (exact) mass is 412 g/mol. The summed E-state index contributed by atoms with van der Waals surface area (Å²) >= 11 is 0. The number of carbonyl (C=O) groups is 1. The highest BCUT2D eigenvalue weighted by Crippen LogP contribution is 2.29. The molecule has 0 saturated carbocycles. The molecule has 6 heteroatoms. The van der Waals surface area contributed by atoms with Gasteiger partial charge in [0.2, 0.25) is 5.91 Å². The maximum absolute atomic E-state index is 14.4. The van der Waals surface area contributed by atoms with E-state index in [1.807, 2.05) is 24.0 Å². The molecular formula is C24H33FN4O. The van der Waals surface area contributed by atoms with E-state index in [4.69, 9.17) is 9.97 Å². The highest BCUT2D eigenvalue weighted by molar-refractivity contribution is 5.76. The zero-order valence-corrected chi connectivity index (χ0v) is 18.6. The van der Waals surface area contributed by atoms with Crippen molar-refractivity contribution in [2.45, 2.75) is 59.3 Å². The highest BCUT2D eigenvalue weighted by atomic mass is 19.1. The number of aryl methyl sites for hydroxylation is 1. The largest absolute Gasteiger partial charge is 0.353 e. The first-order valence-electron chi connectivity index (χ1n) is 11.1. The fraction of sp³-hybridized carbons (Fsp3) is 0.542. The molecule has 1 aromatic heterocycles. The zero-order valence-electron chi connectivity index (χ0n) is 18.6. The molecule has 1 fully saturated rings. The van der Waals surface area contributed by atoms with Gasteiger partial charge in [-0.3, -0.25) is 4.79 Å². The maximum Gasteiger partial charge on any atom is 0.222 e. The van der Waals surface area contributed by atoms with Crippen LogP contribution >= 0.6 is 0 Å². The van der Waals surface area contributed by atoms with Crippen LogP contribution in [0.25, 0.3) is 0 Å². The molecule has 1 atom stereocenters. The number of anilines is 1. The smallest absolute Gasteiger partial charge is 0.222 e. The van der Waals surface area contributed by atoms with Gasteiger partial charge in [0.25, 0.3) is 0 Å². The second-order valence-corrected chi connectivity index (χ2v) is 7.98. The van der Waals surface area contributed by atoms with Gasteiger partial charge in [0.15, 0.2) is 0 Å². The molecule has 1 amide bonds. The molecular weight excluding hydrogens is 379 g/mol. The first-order chi connectivity index (χ1) is 14.5. The number of nitrogens with zero attached hydrogens (tertiary/aromatic N) is 4. The Balaban J connectivity index is 2.00. The van der Waals surface area contributed by atoms with Crippen molar-refractivity contribution in [3.05, 3.63) is 52.7 Å². The van der Waals surface area contributed by atoms with Gasteiger partial charge < -0.3 is 9.80 Å². The summed E-state index contributed by atoms with van der Waals surface area (Å²) in [5.74, 6) is 2.02.